The SMILES string of the molecule is O=C1Cc2cc(N/C(=C3\C(=O)Nc4ccc([N+](=O)[O-])cc43)c3ccccc3)ccc2N1. The molecule has 3 aromatic carbocycles. The lowest BCUT2D eigenvalue weighted by Crippen LogP contribution is -2.10. The molecule has 0 bridgehead atoms. The first-order valence-corrected chi connectivity index (χ1v) is 9.59. The van der Waals surface area contributed by atoms with E-state index in [0.29, 0.717) is 28.2 Å². The van der Waals surface area contributed by atoms with E-state index < -0.39 is 4.92 Å². The number of carbonyl (C=O) groups is 2. The fourth-order valence-electron chi connectivity index (χ4n) is 3.85. The molecule has 0 spiro atoms. The van der Waals surface area contributed by atoms with Crippen LogP contribution in [0.3, 0.4) is 0 Å². The van der Waals surface area contributed by atoms with Crippen molar-refractivity contribution in [2.24, 2.45) is 0 Å². The molecule has 0 saturated carbocycles. The van der Waals surface area contributed by atoms with Gasteiger partial charge in [0.2, 0.25) is 5.91 Å². The third-order valence-electron chi connectivity index (χ3n) is 5.27. The van der Waals surface area contributed by atoms with Crippen molar-refractivity contribution in [3.63, 3.8) is 0 Å². The Balaban J connectivity index is 1.67. The van der Waals surface area contributed by atoms with Crippen LogP contribution in [-0.4, -0.2) is 16.7 Å². The summed E-state index contributed by atoms with van der Waals surface area (Å²) < 4.78 is 0. The van der Waals surface area contributed by atoms with E-state index in [4.69, 9.17) is 0 Å². The lowest BCUT2D eigenvalue weighted by molar-refractivity contribution is -0.384. The van der Waals surface area contributed by atoms with Crippen LogP contribution in [0, 0.1) is 10.1 Å². The van der Waals surface area contributed by atoms with Crippen LogP contribution in [-0.2, 0) is 16.0 Å². The van der Waals surface area contributed by atoms with Gasteiger partial charge in [-0.3, -0.25) is 19.7 Å². The molecule has 2 amide bonds. The van der Waals surface area contributed by atoms with Crippen molar-refractivity contribution in [2.45, 2.75) is 6.42 Å². The van der Waals surface area contributed by atoms with Crippen molar-refractivity contribution in [3.8, 4) is 0 Å². The molecule has 0 atom stereocenters. The second-order valence-corrected chi connectivity index (χ2v) is 7.28. The third-order valence-corrected chi connectivity index (χ3v) is 5.27. The van der Waals surface area contributed by atoms with Gasteiger partial charge in [0.15, 0.2) is 0 Å². The van der Waals surface area contributed by atoms with Crippen molar-refractivity contribution < 1.29 is 14.5 Å². The first-order valence-electron chi connectivity index (χ1n) is 9.59. The topological polar surface area (TPSA) is 113 Å². The summed E-state index contributed by atoms with van der Waals surface area (Å²) in [4.78, 5) is 35.4. The van der Waals surface area contributed by atoms with Gasteiger partial charge in [-0.15, -0.1) is 0 Å². The number of non-ortho nitro benzene ring substituents is 1. The number of nitrogens with one attached hydrogen (secondary N) is 3. The first-order chi connectivity index (χ1) is 15.0. The molecule has 2 aliphatic heterocycles. The van der Waals surface area contributed by atoms with E-state index >= 15 is 0 Å². The minimum atomic E-state index is -0.485. The van der Waals surface area contributed by atoms with E-state index in [1.165, 1.54) is 18.2 Å². The normalized spacial score (nSPS) is 15.6. The van der Waals surface area contributed by atoms with Gasteiger partial charge in [0.1, 0.15) is 0 Å². The molecule has 31 heavy (non-hydrogen) atoms. The predicted octanol–water partition coefficient (Wildman–Crippen LogP) is 4.02. The summed E-state index contributed by atoms with van der Waals surface area (Å²) in [5.74, 6) is -0.412. The van der Waals surface area contributed by atoms with Gasteiger partial charge in [-0.2, -0.15) is 0 Å². The van der Waals surface area contributed by atoms with Crippen LogP contribution in [0.5, 0.6) is 0 Å². The monoisotopic (exact) mass is 412 g/mol. The van der Waals surface area contributed by atoms with Crippen molar-refractivity contribution in [2.75, 3.05) is 16.0 Å². The van der Waals surface area contributed by atoms with Crippen LogP contribution in [0.15, 0.2) is 66.7 Å². The molecule has 0 radical (unpaired) electrons. The molecule has 3 aromatic rings. The number of hydrogen-bond acceptors (Lipinski definition) is 5. The number of benzene rings is 3. The van der Waals surface area contributed by atoms with Gasteiger partial charge in [-0.1, -0.05) is 30.3 Å². The molecule has 0 saturated heterocycles. The second kappa shape index (κ2) is 7.10. The van der Waals surface area contributed by atoms with Crippen LogP contribution in [0.4, 0.5) is 22.7 Å². The van der Waals surface area contributed by atoms with E-state index in [1.54, 1.807) is 0 Å². The van der Waals surface area contributed by atoms with E-state index in [2.05, 4.69) is 16.0 Å². The van der Waals surface area contributed by atoms with E-state index in [0.717, 1.165) is 16.8 Å². The molecule has 5 rings (SSSR count). The fraction of sp³-hybridized carbons (Fsp3) is 0.0435. The van der Waals surface area contributed by atoms with Gasteiger partial charge in [0, 0.05) is 34.8 Å². The summed E-state index contributed by atoms with van der Waals surface area (Å²) in [6.07, 6.45) is 0.289. The first kappa shape index (κ1) is 18.6. The number of fused-ring (bicyclic) bond motifs is 2. The smallest absolute Gasteiger partial charge is 0.270 e. The molecular formula is C23H16N4O4. The molecule has 2 heterocycles. The number of nitrogens with zero attached hydrogens (tertiary/aromatic N) is 1. The number of rotatable bonds is 4. The third kappa shape index (κ3) is 3.29. The molecule has 3 N–H and O–H groups in total. The highest BCUT2D eigenvalue weighted by Crippen LogP contribution is 2.39. The minimum Gasteiger partial charge on any atom is -0.354 e. The van der Waals surface area contributed by atoms with E-state index in [-0.39, 0.29) is 23.9 Å². The summed E-state index contributed by atoms with van der Waals surface area (Å²) in [5.41, 5.74) is 4.81. The molecule has 0 aromatic heterocycles. The molecule has 8 nitrogen and oxygen atoms in total. The largest absolute Gasteiger partial charge is 0.354 e. The summed E-state index contributed by atoms with van der Waals surface area (Å²) in [7, 11) is 0. The van der Waals surface area contributed by atoms with Gasteiger partial charge in [-0.25, -0.2) is 0 Å². The van der Waals surface area contributed by atoms with E-state index in [1.807, 2.05) is 48.5 Å². The Morgan fingerprint density at radius 2 is 1.71 bits per heavy atom. The fourth-order valence-corrected chi connectivity index (χ4v) is 3.85. The molecule has 0 aliphatic carbocycles. The Bertz CT molecular complexity index is 1300. The number of anilines is 3. The maximum absolute atomic E-state index is 12.9. The van der Waals surface area contributed by atoms with Crippen LogP contribution in [0.25, 0.3) is 11.3 Å². The Hall–Kier alpha value is -4.46. The van der Waals surface area contributed by atoms with Gasteiger partial charge in [-0.05, 0) is 35.4 Å². The van der Waals surface area contributed by atoms with Crippen LogP contribution in [0.1, 0.15) is 16.7 Å². The average Bonchev–Trinajstić information content (AvgIpc) is 3.29. The summed E-state index contributed by atoms with van der Waals surface area (Å²) in [6.45, 7) is 0. The summed E-state index contributed by atoms with van der Waals surface area (Å²) in [6, 6.07) is 19.1. The van der Waals surface area contributed by atoms with Crippen LogP contribution >= 0.6 is 0 Å². The lowest BCUT2D eigenvalue weighted by Gasteiger charge is -2.15. The van der Waals surface area contributed by atoms with Gasteiger partial charge >= 0.3 is 0 Å². The van der Waals surface area contributed by atoms with Crippen LogP contribution in [0.2, 0.25) is 0 Å². The Labute approximate surface area is 176 Å². The molecule has 0 unspecified atom stereocenters. The average molecular weight is 412 g/mol. The predicted molar refractivity (Wildman–Crippen MR) is 117 cm³/mol. The number of nitro groups is 1. The number of nitro benzene ring substituents is 1. The molecule has 152 valence electrons. The maximum Gasteiger partial charge on any atom is 0.270 e. The van der Waals surface area contributed by atoms with Gasteiger partial charge < -0.3 is 16.0 Å². The molecule has 8 heteroatoms. The Kier molecular flexibility index (Phi) is 4.25. The van der Waals surface area contributed by atoms with E-state index in [9.17, 15) is 19.7 Å². The van der Waals surface area contributed by atoms with Crippen molar-refractivity contribution in [1.82, 2.24) is 0 Å². The maximum atomic E-state index is 12.9. The molecule has 0 fully saturated rings. The van der Waals surface area contributed by atoms with Crippen LogP contribution < -0.4 is 16.0 Å². The Morgan fingerprint density at radius 1 is 0.935 bits per heavy atom. The highest BCUT2D eigenvalue weighted by molar-refractivity contribution is 6.37. The van der Waals surface area contributed by atoms with Gasteiger partial charge in [0.25, 0.3) is 11.6 Å². The van der Waals surface area contributed by atoms with Crippen molar-refractivity contribution in [1.29, 1.82) is 0 Å². The van der Waals surface area contributed by atoms with Crippen molar-refractivity contribution >= 4 is 45.8 Å². The molecule has 2 aliphatic rings. The number of carbonyl (C=O) groups excluding carboxylic acids is 2. The lowest BCUT2D eigenvalue weighted by atomic mass is 9.99. The minimum absolute atomic E-state index is 0.0646. The number of amides is 2. The number of hydrogen-bond donors (Lipinski definition) is 3. The molecular weight excluding hydrogens is 396 g/mol. The quantitative estimate of drug-likeness (QED) is 0.340. The van der Waals surface area contributed by atoms with Gasteiger partial charge in [0.05, 0.1) is 22.6 Å². The summed E-state index contributed by atoms with van der Waals surface area (Å²) >= 11 is 0. The zero-order valence-electron chi connectivity index (χ0n) is 16.1. The highest BCUT2D eigenvalue weighted by atomic mass is 16.6. The second-order valence-electron chi connectivity index (χ2n) is 7.28. The standard InChI is InChI=1S/C23H16N4O4/c28-20-11-14-10-15(6-8-18(14)25-20)24-22(13-4-2-1-3-5-13)21-17-12-16(27(30)31)7-9-19(17)26-23(21)29/h1-10,12,24H,11H2,(H,25,28)(H,26,29)/b22-21-. The van der Waals surface area contributed by atoms with Crippen molar-refractivity contribution in [3.05, 3.63) is 93.5 Å². The highest BCUT2D eigenvalue weighted by Gasteiger charge is 2.30. The summed E-state index contributed by atoms with van der Waals surface area (Å²) in [5, 5.41) is 20.2. The zero-order valence-corrected chi connectivity index (χ0v) is 16.1. The zero-order chi connectivity index (χ0) is 21.5. The Morgan fingerprint density at radius 3 is 2.48 bits per heavy atom.